The lowest BCUT2D eigenvalue weighted by Gasteiger charge is -2.39. The highest BCUT2D eigenvalue weighted by molar-refractivity contribution is 5.76. The molecule has 0 heterocycles. The van der Waals surface area contributed by atoms with Crippen molar-refractivity contribution in [1.29, 1.82) is 21.0 Å². The van der Waals surface area contributed by atoms with Crippen molar-refractivity contribution in [3.05, 3.63) is 0 Å². The van der Waals surface area contributed by atoms with Crippen molar-refractivity contribution in [2.24, 2.45) is 16.7 Å². The third-order valence-corrected chi connectivity index (χ3v) is 4.59. The van der Waals surface area contributed by atoms with Crippen LogP contribution in [0.5, 0.6) is 0 Å². The molecule has 0 bridgehead atoms. The van der Waals surface area contributed by atoms with Crippen LogP contribution in [0.25, 0.3) is 0 Å². The molecule has 1 aliphatic rings. The summed E-state index contributed by atoms with van der Waals surface area (Å²) in [5.41, 5.74) is -3.65. The highest BCUT2D eigenvalue weighted by Crippen LogP contribution is 2.57. The first-order chi connectivity index (χ1) is 10.8. The summed E-state index contributed by atoms with van der Waals surface area (Å²) in [6, 6.07) is 6.78. The summed E-state index contributed by atoms with van der Waals surface area (Å²) in [4.78, 5) is 12.5. The zero-order valence-electron chi connectivity index (χ0n) is 13.9. The summed E-state index contributed by atoms with van der Waals surface area (Å²) in [5.74, 6) is -0.727. The molecular formula is C16H20N6O. The van der Waals surface area contributed by atoms with E-state index in [1.165, 1.54) is 10.0 Å². The molecule has 0 radical (unpaired) electrons. The molecule has 23 heavy (non-hydrogen) atoms. The van der Waals surface area contributed by atoms with E-state index in [0.717, 1.165) is 0 Å². The second kappa shape index (κ2) is 6.66. The molecule has 0 aromatic heterocycles. The van der Waals surface area contributed by atoms with Gasteiger partial charge in [-0.25, -0.2) is 5.01 Å². The molecule has 0 aromatic carbocycles. The zero-order chi connectivity index (χ0) is 17.8. The third-order valence-electron chi connectivity index (χ3n) is 4.59. The van der Waals surface area contributed by atoms with Gasteiger partial charge in [0.05, 0.1) is 30.3 Å². The highest BCUT2D eigenvalue weighted by atomic mass is 16.2. The minimum Gasteiger partial charge on any atom is -0.273 e. The van der Waals surface area contributed by atoms with E-state index in [0.29, 0.717) is 6.42 Å². The topological polar surface area (TPSA) is 119 Å². The Kier molecular flexibility index (Phi) is 5.34. The van der Waals surface area contributed by atoms with Crippen LogP contribution >= 0.6 is 0 Å². The predicted molar refractivity (Wildman–Crippen MR) is 80.3 cm³/mol. The second-order valence-electron chi connectivity index (χ2n) is 6.05. The van der Waals surface area contributed by atoms with Crippen LogP contribution in [-0.4, -0.2) is 36.1 Å². The Balaban J connectivity index is 3.57. The van der Waals surface area contributed by atoms with Gasteiger partial charge in [-0.05, 0) is 18.8 Å². The molecule has 1 amide bonds. The number of rotatable bonds is 4. The number of hydrazine groups is 1. The van der Waals surface area contributed by atoms with Crippen LogP contribution in [0.15, 0.2) is 0 Å². The molecule has 120 valence electrons. The van der Waals surface area contributed by atoms with Crippen molar-refractivity contribution in [3.63, 3.8) is 0 Å². The molecule has 1 fully saturated rings. The highest BCUT2D eigenvalue weighted by Gasteiger charge is 2.69. The molecule has 2 atom stereocenters. The summed E-state index contributed by atoms with van der Waals surface area (Å²) in [7, 11) is 3.30. The number of carbonyl (C=O) groups is 1. The number of nitriles is 4. The Labute approximate surface area is 136 Å². The van der Waals surface area contributed by atoms with Gasteiger partial charge in [0.2, 0.25) is 5.91 Å². The largest absolute Gasteiger partial charge is 0.273 e. The molecular weight excluding hydrogens is 292 g/mol. The lowest BCUT2D eigenvalue weighted by molar-refractivity contribution is -0.153. The maximum absolute atomic E-state index is 12.5. The molecule has 0 saturated heterocycles. The van der Waals surface area contributed by atoms with Gasteiger partial charge in [0.25, 0.3) is 0 Å². The standard InChI is InChI=1S/C16H20N6O/c1-5-6-14(23)22(21(3)4)13-7-12(2)15(8-17,9-18)16(13,10-19)11-20/h12-13H,5-7H2,1-4H3/t12-,13+/m0/s1. The van der Waals surface area contributed by atoms with E-state index >= 15 is 0 Å². The van der Waals surface area contributed by atoms with Crippen molar-refractivity contribution in [1.82, 2.24) is 10.0 Å². The van der Waals surface area contributed by atoms with Gasteiger partial charge in [0.15, 0.2) is 10.8 Å². The maximum Gasteiger partial charge on any atom is 0.237 e. The minimum absolute atomic E-state index is 0.226. The molecule has 0 aromatic rings. The van der Waals surface area contributed by atoms with E-state index in [1.54, 1.807) is 21.0 Å². The molecule has 0 aliphatic heterocycles. The summed E-state index contributed by atoms with van der Waals surface area (Å²) in [6.45, 7) is 3.54. The first-order valence-corrected chi connectivity index (χ1v) is 7.46. The van der Waals surface area contributed by atoms with Crippen LogP contribution in [0.1, 0.15) is 33.1 Å². The summed E-state index contributed by atoms with van der Waals surface area (Å²) < 4.78 is 0. The van der Waals surface area contributed by atoms with Crippen molar-refractivity contribution < 1.29 is 4.79 Å². The number of hydrogen-bond acceptors (Lipinski definition) is 6. The van der Waals surface area contributed by atoms with Crippen molar-refractivity contribution in [3.8, 4) is 24.3 Å². The van der Waals surface area contributed by atoms with Crippen molar-refractivity contribution in [2.45, 2.75) is 39.2 Å². The third kappa shape index (κ3) is 2.40. The van der Waals surface area contributed by atoms with Crippen molar-refractivity contribution >= 4 is 5.91 Å². The first kappa shape index (κ1) is 18.4. The van der Waals surface area contributed by atoms with Crippen LogP contribution in [0.3, 0.4) is 0 Å². The number of nitrogens with zero attached hydrogens (tertiary/aromatic N) is 6. The number of carbonyl (C=O) groups excluding carboxylic acids is 1. The Morgan fingerprint density at radius 2 is 1.57 bits per heavy atom. The Morgan fingerprint density at radius 1 is 1.09 bits per heavy atom. The van der Waals surface area contributed by atoms with Crippen LogP contribution < -0.4 is 0 Å². The number of hydrogen-bond donors (Lipinski definition) is 0. The van der Waals surface area contributed by atoms with Crippen LogP contribution in [0.4, 0.5) is 0 Å². The molecule has 1 rings (SSSR count). The van der Waals surface area contributed by atoms with E-state index in [2.05, 4.69) is 0 Å². The molecule has 7 heteroatoms. The minimum atomic E-state index is -1.89. The van der Waals surface area contributed by atoms with E-state index in [1.807, 2.05) is 31.2 Å². The average Bonchev–Trinajstić information content (AvgIpc) is 2.76. The Morgan fingerprint density at radius 3 is 1.91 bits per heavy atom. The first-order valence-electron chi connectivity index (χ1n) is 7.46. The van der Waals surface area contributed by atoms with E-state index < -0.39 is 22.8 Å². The fraction of sp³-hybridized carbons (Fsp3) is 0.688. The van der Waals surface area contributed by atoms with Gasteiger partial charge < -0.3 is 0 Å². The fourth-order valence-corrected chi connectivity index (χ4v) is 3.40. The molecule has 0 N–H and O–H groups in total. The SMILES string of the molecule is CCCC(=O)N([C@@H]1C[C@H](C)C(C#N)(C#N)C1(C#N)C#N)N(C)C. The van der Waals surface area contributed by atoms with Crippen LogP contribution in [-0.2, 0) is 4.79 Å². The van der Waals surface area contributed by atoms with Gasteiger partial charge in [-0.2, -0.15) is 21.0 Å². The van der Waals surface area contributed by atoms with E-state index in [9.17, 15) is 25.8 Å². The average molecular weight is 312 g/mol. The predicted octanol–water partition coefficient (Wildman–Crippen LogP) is 1.57. The lowest BCUT2D eigenvalue weighted by Crippen LogP contribution is -2.56. The zero-order valence-corrected chi connectivity index (χ0v) is 13.9. The summed E-state index contributed by atoms with van der Waals surface area (Å²) in [5, 5.41) is 41.5. The van der Waals surface area contributed by atoms with Gasteiger partial charge in [0.1, 0.15) is 0 Å². The molecule has 7 nitrogen and oxygen atoms in total. The quantitative estimate of drug-likeness (QED) is 0.727. The van der Waals surface area contributed by atoms with E-state index in [4.69, 9.17) is 0 Å². The van der Waals surface area contributed by atoms with Gasteiger partial charge in [-0.1, -0.05) is 13.8 Å². The maximum atomic E-state index is 12.5. The lowest BCUT2D eigenvalue weighted by atomic mass is 9.64. The molecule has 1 saturated carbocycles. The van der Waals surface area contributed by atoms with Crippen LogP contribution in [0.2, 0.25) is 0 Å². The van der Waals surface area contributed by atoms with E-state index in [-0.39, 0.29) is 18.7 Å². The van der Waals surface area contributed by atoms with Gasteiger partial charge in [0, 0.05) is 20.5 Å². The number of amides is 1. The van der Waals surface area contributed by atoms with Gasteiger partial charge in [-0.15, -0.1) is 0 Å². The Hall–Kier alpha value is -2.61. The van der Waals surface area contributed by atoms with Crippen LogP contribution in [0, 0.1) is 62.1 Å². The molecule has 0 spiro atoms. The normalized spacial score (nSPS) is 24.0. The summed E-state index contributed by atoms with van der Waals surface area (Å²) >= 11 is 0. The Bertz CT molecular complexity index is 613. The van der Waals surface area contributed by atoms with Gasteiger partial charge >= 0.3 is 0 Å². The smallest absolute Gasteiger partial charge is 0.237 e. The fourth-order valence-electron chi connectivity index (χ4n) is 3.40. The molecule has 1 aliphatic carbocycles. The van der Waals surface area contributed by atoms with Gasteiger partial charge in [-0.3, -0.25) is 9.80 Å². The monoisotopic (exact) mass is 312 g/mol. The van der Waals surface area contributed by atoms with Crippen molar-refractivity contribution in [2.75, 3.05) is 14.1 Å². The second-order valence-corrected chi connectivity index (χ2v) is 6.05. The molecule has 0 unspecified atom stereocenters. The summed E-state index contributed by atoms with van der Waals surface area (Å²) in [6.07, 6.45) is 1.14.